The van der Waals surface area contributed by atoms with Crippen molar-refractivity contribution < 1.29 is 0 Å². The van der Waals surface area contributed by atoms with Crippen LogP contribution in [-0.2, 0) is 0 Å². The Morgan fingerprint density at radius 1 is 0.474 bits per heavy atom. The zero-order valence-corrected chi connectivity index (χ0v) is 11.0. The fraction of sp³-hybridized carbons (Fsp3) is 0.0526. The van der Waals surface area contributed by atoms with Gasteiger partial charge in [0.15, 0.2) is 0 Å². The number of rotatable bonds is 2. The lowest BCUT2D eigenvalue weighted by Crippen LogP contribution is -1.84. The lowest BCUT2D eigenvalue weighted by Gasteiger charge is -2.10. The molecule has 0 aliphatic carbocycles. The summed E-state index contributed by atoms with van der Waals surface area (Å²) in [6.45, 7) is 2.12. The minimum absolute atomic E-state index is 1.26. The normalized spacial score (nSPS) is 10.4. The van der Waals surface area contributed by atoms with Crippen LogP contribution in [0.4, 0.5) is 0 Å². The van der Waals surface area contributed by atoms with Crippen molar-refractivity contribution >= 4 is 0 Å². The second kappa shape index (κ2) is 5.11. The second-order valence-corrected chi connectivity index (χ2v) is 4.78. The summed E-state index contributed by atoms with van der Waals surface area (Å²) in [4.78, 5) is 0. The molecule has 0 fully saturated rings. The monoisotopic (exact) mass is 244 g/mol. The van der Waals surface area contributed by atoms with Crippen LogP contribution in [0.25, 0.3) is 22.3 Å². The first kappa shape index (κ1) is 11.7. The number of hydrogen-bond acceptors (Lipinski definition) is 0. The Morgan fingerprint density at radius 2 is 0.947 bits per heavy atom. The van der Waals surface area contributed by atoms with Crippen LogP contribution in [0.2, 0.25) is 0 Å². The first-order chi connectivity index (χ1) is 9.34. The first-order valence-electron chi connectivity index (χ1n) is 6.56. The highest BCUT2D eigenvalue weighted by Gasteiger charge is 2.05. The van der Waals surface area contributed by atoms with Gasteiger partial charge in [-0.2, -0.15) is 0 Å². The molecule has 0 spiro atoms. The largest absolute Gasteiger partial charge is 0.0622 e. The maximum atomic E-state index is 2.19. The predicted molar refractivity (Wildman–Crippen MR) is 82.1 cm³/mol. The van der Waals surface area contributed by atoms with Gasteiger partial charge in [0.05, 0.1) is 0 Å². The third kappa shape index (κ3) is 2.43. The van der Waals surface area contributed by atoms with E-state index in [9.17, 15) is 0 Å². The van der Waals surface area contributed by atoms with E-state index in [1.165, 1.54) is 27.8 Å². The molecule has 0 bridgehead atoms. The van der Waals surface area contributed by atoms with Gasteiger partial charge < -0.3 is 0 Å². The summed E-state index contributed by atoms with van der Waals surface area (Å²) >= 11 is 0. The smallest absolute Gasteiger partial charge is 0.0105 e. The van der Waals surface area contributed by atoms with E-state index in [1.54, 1.807) is 0 Å². The van der Waals surface area contributed by atoms with Gasteiger partial charge in [-0.25, -0.2) is 0 Å². The summed E-state index contributed by atoms with van der Waals surface area (Å²) in [6, 6.07) is 27.8. The molecule has 3 rings (SSSR count). The van der Waals surface area contributed by atoms with Gasteiger partial charge in [0.1, 0.15) is 0 Å². The van der Waals surface area contributed by atoms with E-state index in [0.29, 0.717) is 0 Å². The van der Waals surface area contributed by atoms with E-state index in [0.717, 1.165) is 0 Å². The van der Waals surface area contributed by atoms with E-state index < -0.39 is 0 Å². The Bertz CT molecular complexity index is 664. The molecule has 0 heterocycles. The Morgan fingerprint density at radius 3 is 1.53 bits per heavy atom. The summed E-state index contributed by atoms with van der Waals surface area (Å²) < 4.78 is 0. The molecule has 0 aliphatic heterocycles. The summed E-state index contributed by atoms with van der Waals surface area (Å²) in [6.07, 6.45) is 0. The second-order valence-electron chi connectivity index (χ2n) is 4.78. The molecule has 0 amide bonds. The van der Waals surface area contributed by atoms with Crippen LogP contribution in [-0.4, -0.2) is 0 Å². The minimum Gasteiger partial charge on any atom is -0.0622 e. The van der Waals surface area contributed by atoms with Crippen LogP contribution in [0.5, 0.6) is 0 Å². The van der Waals surface area contributed by atoms with Crippen LogP contribution >= 0.6 is 0 Å². The average Bonchev–Trinajstić information content (AvgIpc) is 2.49. The quantitative estimate of drug-likeness (QED) is 0.571. The SMILES string of the molecule is Cc1ccc(-c2ccccc2-c2ccccc2)cc1. The van der Waals surface area contributed by atoms with Gasteiger partial charge in [-0.05, 0) is 29.2 Å². The van der Waals surface area contributed by atoms with Gasteiger partial charge in [-0.15, -0.1) is 0 Å². The predicted octanol–water partition coefficient (Wildman–Crippen LogP) is 5.33. The molecule has 19 heavy (non-hydrogen) atoms. The van der Waals surface area contributed by atoms with Crippen LogP contribution in [0.3, 0.4) is 0 Å². The van der Waals surface area contributed by atoms with E-state index in [2.05, 4.69) is 85.8 Å². The molecule has 0 aliphatic rings. The molecule has 0 atom stereocenters. The molecular formula is C19H16. The average molecular weight is 244 g/mol. The van der Waals surface area contributed by atoms with Crippen molar-refractivity contribution in [2.24, 2.45) is 0 Å². The molecule has 0 heteroatoms. The fourth-order valence-corrected chi connectivity index (χ4v) is 2.34. The lowest BCUT2D eigenvalue weighted by molar-refractivity contribution is 1.47. The molecule has 0 saturated carbocycles. The summed E-state index contributed by atoms with van der Waals surface area (Å²) in [5, 5.41) is 0. The maximum Gasteiger partial charge on any atom is -0.0105 e. The Balaban J connectivity index is 2.15. The number of aryl methyl sites for hydroxylation is 1. The Hall–Kier alpha value is -2.34. The zero-order chi connectivity index (χ0) is 13.1. The van der Waals surface area contributed by atoms with Crippen LogP contribution < -0.4 is 0 Å². The minimum atomic E-state index is 1.26. The standard InChI is InChI=1S/C19H16/c1-15-11-13-17(14-12-15)19-10-6-5-9-18(19)16-7-3-2-4-8-16/h2-14H,1H3. The van der Waals surface area contributed by atoms with Crippen molar-refractivity contribution in [3.63, 3.8) is 0 Å². The van der Waals surface area contributed by atoms with Crippen molar-refractivity contribution in [2.75, 3.05) is 0 Å². The summed E-state index contributed by atoms with van der Waals surface area (Å²) in [5.74, 6) is 0. The van der Waals surface area contributed by atoms with E-state index in [1.807, 2.05) is 0 Å². The lowest BCUT2D eigenvalue weighted by atomic mass is 9.94. The molecule has 3 aromatic carbocycles. The molecular weight excluding hydrogens is 228 g/mol. The molecule has 0 aromatic heterocycles. The van der Waals surface area contributed by atoms with E-state index >= 15 is 0 Å². The van der Waals surface area contributed by atoms with Crippen molar-refractivity contribution in [1.82, 2.24) is 0 Å². The highest BCUT2D eigenvalue weighted by Crippen LogP contribution is 2.31. The van der Waals surface area contributed by atoms with E-state index in [-0.39, 0.29) is 0 Å². The fourth-order valence-electron chi connectivity index (χ4n) is 2.34. The third-order valence-corrected chi connectivity index (χ3v) is 3.37. The number of hydrogen-bond donors (Lipinski definition) is 0. The van der Waals surface area contributed by atoms with Gasteiger partial charge in [0.2, 0.25) is 0 Å². The van der Waals surface area contributed by atoms with Gasteiger partial charge in [-0.1, -0.05) is 84.4 Å². The third-order valence-electron chi connectivity index (χ3n) is 3.37. The topological polar surface area (TPSA) is 0 Å². The summed E-state index contributed by atoms with van der Waals surface area (Å²) in [7, 11) is 0. The van der Waals surface area contributed by atoms with Crippen molar-refractivity contribution in [3.05, 3.63) is 84.4 Å². The molecule has 0 radical (unpaired) electrons. The van der Waals surface area contributed by atoms with Crippen LogP contribution in [0, 0.1) is 6.92 Å². The first-order valence-corrected chi connectivity index (χ1v) is 6.56. The Kier molecular flexibility index (Phi) is 3.16. The zero-order valence-electron chi connectivity index (χ0n) is 11.0. The van der Waals surface area contributed by atoms with E-state index in [4.69, 9.17) is 0 Å². The molecule has 0 N–H and O–H groups in total. The van der Waals surface area contributed by atoms with Crippen molar-refractivity contribution in [1.29, 1.82) is 0 Å². The van der Waals surface area contributed by atoms with Gasteiger partial charge >= 0.3 is 0 Å². The van der Waals surface area contributed by atoms with Crippen molar-refractivity contribution in [2.45, 2.75) is 6.92 Å². The van der Waals surface area contributed by atoms with Gasteiger partial charge in [0, 0.05) is 0 Å². The van der Waals surface area contributed by atoms with Gasteiger partial charge in [-0.3, -0.25) is 0 Å². The number of benzene rings is 3. The van der Waals surface area contributed by atoms with Crippen molar-refractivity contribution in [3.8, 4) is 22.3 Å². The maximum absolute atomic E-state index is 2.19. The molecule has 0 saturated heterocycles. The van der Waals surface area contributed by atoms with Crippen LogP contribution in [0.1, 0.15) is 5.56 Å². The van der Waals surface area contributed by atoms with Crippen LogP contribution in [0.15, 0.2) is 78.9 Å². The molecule has 3 aromatic rings. The molecule has 0 unspecified atom stereocenters. The highest BCUT2D eigenvalue weighted by molar-refractivity contribution is 5.83. The highest BCUT2D eigenvalue weighted by atomic mass is 14.1. The Labute approximate surface area is 114 Å². The summed E-state index contributed by atoms with van der Waals surface area (Å²) in [5.41, 5.74) is 6.39. The molecule has 92 valence electrons. The van der Waals surface area contributed by atoms with Gasteiger partial charge in [0.25, 0.3) is 0 Å². The molecule has 0 nitrogen and oxygen atoms in total.